The van der Waals surface area contributed by atoms with Crippen LogP contribution in [0.15, 0.2) is 12.4 Å². The Labute approximate surface area is 122 Å². The van der Waals surface area contributed by atoms with Crippen molar-refractivity contribution in [1.82, 2.24) is 20.2 Å². The number of hydrogen-bond acceptors (Lipinski definition) is 3. The van der Waals surface area contributed by atoms with Crippen molar-refractivity contribution in [3.05, 3.63) is 18.2 Å². The molecule has 1 saturated heterocycles. The van der Waals surface area contributed by atoms with Crippen LogP contribution in [-0.4, -0.2) is 40.5 Å². The van der Waals surface area contributed by atoms with E-state index in [1.165, 1.54) is 64.6 Å². The fourth-order valence-electron chi connectivity index (χ4n) is 3.76. The second-order valence-electron chi connectivity index (χ2n) is 6.52. The Hall–Kier alpha value is -0.870. The van der Waals surface area contributed by atoms with E-state index in [2.05, 4.69) is 20.2 Å². The first-order valence-electron chi connectivity index (χ1n) is 8.34. The fraction of sp³-hybridized carbons (Fsp3) is 0.812. The van der Waals surface area contributed by atoms with Crippen LogP contribution in [0.2, 0.25) is 0 Å². The minimum atomic E-state index is 0.637. The van der Waals surface area contributed by atoms with Crippen LogP contribution in [0.5, 0.6) is 0 Å². The first kappa shape index (κ1) is 14.1. The number of imidazole rings is 1. The van der Waals surface area contributed by atoms with Crippen molar-refractivity contribution < 1.29 is 0 Å². The Bertz CT molecular complexity index is 370. The van der Waals surface area contributed by atoms with Gasteiger partial charge >= 0.3 is 0 Å². The van der Waals surface area contributed by atoms with Crippen LogP contribution >= 0.6 is 0 Å². The van der Waals surface area contributed by atoms with E-state index in [1.54, 1.807) is 0 Å². The SMILES string of the molecule is c1c[nH]c(CNC2CCCN(CC3CCCCC3)C2)n1. The number of H-pyrrole nitrogens is 1. The van der Waals surface area contributed by atoms with E-state index in [4.69, 9.17) is 0 Å². The molecule has 0 radical (unpaired) electrons. The summed E-state index contributed by atoms with van der Waals surface area (Å²) in [6.45, 7) is 4.72. The minimum absolute atomic E-state index is 0.637. The zero-order chi connectivity index (χ0) is 13.6. The number of rotatable bonds is 5. The van der Waals surface area contributed by atoms with Gasteiger partial charge in [0, 0.05) is 31.5 Å². The Morgan fingerprint density at radius 1 is 1.20 bits per heavy atom. The summed E-state index contributed by atoms with van der Waals surface area (Å²) in [7, 11) is 0. The molecule has 1 aliphatic carbocycles. The Morgan fingerprint density at radius 2 is 2.10 bits per heavy atom. The smallest absolute Gasteiger partial charge is 0.120 e. The van der Waals surface area contributed by atoms with Gasteiger partial charge in [0.25, 0.3) is 0 Å². The molecule has 112 valence electrons. The summed E-state index contributed by atoms with van der Waals surface area (Å²) in [5.74, 6) is 2.02. The molecule has 0 amide bonds. The summed E-state index contributed by atoms with van der Waals surface area (Å²) >= 11 is 0. The molecule has 2 fully saturated rings. The number of nitrogens with one attached hydrogen (secondary N) is 2. The third-order valence-electron chi connectivity index (χ3n) is 4.86. The van der Waals surface area contributed by atoms with Crippen LogP contribution < -0.4 is 5.32 Å². The molecular formula is C16H28N4. The van der Waals surface area contributed by atoms with Gasteiger partial charge in [-0.05, 0) is 38.1 Å². The van der Waals surface area contributed by atoms with Crippen molar-refractivity contribution in [3.8, 4) is 0 Å². The van der Waals surface area contributed by atoms with Gasteiger partial charge in [0.15, 0.2) is 0 Å². The van der Waals surface area contributed by atoms with Gasteiger partial charge in [-0.2, -0.15) is 0 Å². The predicted molar refractivity (Wildman–Crippen MR) is 81.5 cm³/mol. The third kappa shape index (κ3) is 4.06. The van der Waals surface area contributed by atoms with Crippen LogP contribution in [0.25, 0.3) is 0 Å². The molecule has 1 atom stereocenters. The van der Waals surface area contributed by atoms with Crippen LogP contribution in [0.3, 0.4) is 0 Å². The standard InChI is InChI=1S/C16H28N4/c1-2-5-14(6-3-1)12-20-10-4-7-15(13-20)19-11-16-17-8-9-18-16/h8-9,14-15,19H,1-7,10-13H2,(H,17,18). The maximum atomic E-state index is 4.28. The van der Waals surface area contributed by atoms with Crippen molar-refractivity contribution in [2.45, 2.75) is 57.5 Å². The topological polar surface area (TPSA) is 44.0 Å². The highest BCUT2D eigenvalue weighted by atomic mass is 15.2. The Kier molecular flexibility index (Phi) is 5.09. The maximum absolute atomic E-state index is 4.28. The van der Waals surface area contributed by atoms with Crippen molar-refractivity contribution >= 4 is 0 Å². The second kappa shape index (κ2) is 7.23. The van der Waals surface area contributed by atoms with Crippen molar-refractivity contribution in [2.24, 2.45) is 5.92 Å². The summed E-state index contributed by atoms with van der Waals surface area (Å²) in [6, 6.07) is 0.637. The largest absolute Gasteiger partial charge is 0.348 e. The summed E-state index contributed by atoms with van der Waals surface area (Å²) < 4.78 is 0. The molecule has 0 bridgehead atoms. The first-order valence-corrected chi connectivity index (χ1v) is 8.34. The average Bonchev–Trinajstić information content (AvgIpc) is 3.00. The molecule has 1 unspecified atom stereocenters. The number of aromatic nitrogens is 2. The van der Waals surface area contributed by atoms with Crippen molar-refractivity contribution in [2.75, 3.05) is 19.6 Å². The Balaban J connectivity index is 1.41. The monoisotopic (exact) mass is 276 g/mol. The van der Waals surface area contributed by atoms with Crippen LogP contribution in [-0.2, 0) is 6.54 Å². The van der Waals surface area contributed by atoms with Crippen LogP contribution in [0.4, 0.5) is 0 Å². The predicted octanol–water partition coefficient (Wildman–Crippen LogP) is 2.54. The molecule has 1 aromatic rings. The van der Waals surface area contributed by atoms with E-state index in [-0.39, 0.29) is 0 Å². The fourth-order valence-corrected chi connectivity index (χ4v) is 3.76. The molecule has 20 heavy (non-hydrogen) atoms. The van der Waals surface area contributed by atoms with Crippen LogP contribution in [0, 0.1) is 5.92 Å². The number of aromatic amines is 1. The number of nitrogens with zero attached hydrogens (tertiary/aromatic N) is 2. The number of piperidine rings is 1. The molecule has 1 saturated carbocycles. The quantitative estimate of drug-likeness (QED) is 0.868. The summed E-state index contributed by atoms with van der Waals surface area (Å²) in [6.07, 6.45) is 13.7. The van der Waals surface area contributed by atoms with Crippen molar-refractivity contribution in [3.63, 3.8) is 0 Å². The lowest BCUT2D eigenvalue weighted by Crippen LogP contribution is -2.47. The van der Waals surface area contributed by atoms with Gasteiger partial charge in [-0.3, -0.25) is 0 Å². The normalized spacial score (nSPS) is 25.9. The van der Waals surface area contributed by atoms with E-state index in [0.29, 0.717) is 6.04 Å². The van der Waals surface area contributed by atoms with Crippen molar-refractivity contribution in [1.29, 1.82) is 0 Å². The van der Waals surface area contributed by atoms with Gasteiger partial charge in [0.1, 0.15) is 5.82 Å². The number of hydrogen-bond donors (Lipinski definition) is 2. The van der Waals surface area contributed by atoms with Gasteiger partial charge in [-0.1, -0.05) is 19.3 Å². The second-order valence-corrected chi connectivity index (χ2v) is 6.52. The van der Waals surface area contributed by atoms with Gasteiger partial charge in [0.2, 0.25) is 0 Å². The van der Waals surface area contributed by atoms with E-state index in [1.807, 2.05) is 12.4 Å². The molecule has 0 spiro atoms. The molecular weight excluding hydrogens is 248 g/mol. The molecule has 4 nitrogen and oxygen atoms in total. The summed E-state index contributed by atoms with van der Waals surface area (Å²) in [4.78, 5) is 10.1. The molecule has 4 heteroatoms. The molecule has 0 aromatic carbocycles. The van der Waals surface area contributed by atoms with Gasteiger partial charge < -0.3 is 15.2 Å². The average molecular weight is 276 g/mol. The van der Waals surface area contributed by atoms with E-state index in [9.17, 15) is 0 Å². The Morgan fingerprint density at radius 3 is 2.90 bits per heavy atom. The molecule has 2 aliphatic rings. The highest BCUT2D eigenvalue weighted by molar-refractivity contribution is 4.88. The van der Waals surface area contributed by atoms with Gasteiger partial charge in [-0.25, -0.2) is 4.98 Å². The molecule has 2 heterocycles. The highest BCUT2D eigenvalue weighted by Crippen LogP contribution is 2.25. The lowest BCUT2D eigenvalue weighted by atomic mass is 9.88. The molecule has 1 aromatic heterocycles. The van der Waals surface area contributed by atoms with Gasteiger partial charge in [0.05, 0.1) is 6.54 Å². The lowest BCUT2D eigenvalue weighted by molar-refractivity contribution is 0.149. The van der Waals surface area contributed by atoms with E-state index < -0.39 is 0 Å². The zero-order valence-electron chi connectivity index (χ0n) is 12.5. The highest BCUT2D eigenvalue weighted by Gasteiger charge is 2.23. The van der Waals surface area contributed by atoms with E-state index >= 15 is 0 Å². The van der Waals surface area contributed by atoms with Crippen LogP contribution in [0.1, 0.15) is 50.8 Å². The molecule has 3 rings (SSSR count). The first-order chi connectivity index (χ1) is 9.90. The minimum Gasteiger partial charge on any atom is -0.348 e. The van der Waals surface area contributed by atoms with Gasteiger partial charge in [-0.15, -0.1) is 0 Å². The molecule has 1 aliphatic heterocycles. The third-order valence-corrected chi connectivity index (χ3v) is 4.86. The molecule has 2 N–H and O–H groups in total. The van der Waals surface area contributed by atoms with E-state index in [0.717, 1.165) is 18.3 Å². The maximum Gasteiger partial charge on any atom is 0.120 e. The summed E-state index contributed by atoms with van der Waals surface area (Å²) in [5.41, 5.74) is 0. The summed E-state index contributed by atoms with van der Waals surface area (Å²) in [5, 5.41) is 3.66. The number of likely N-dealkylation sites (tertiary alicyclic amines) is 1. The lowest BCUT2D eigenvalue weighted by Gasteiger charge is -2.36. The zero-order valence-corrected chi connectivity index (χ0v) is 12.5.